The van der Waals surface area contributed by atoms with Gasteiger partial charge < -0.3 is 5.32 Å². The van der Waals surface area contributed by atoms with Crippen LogP contribution in [0.3, 0.4) is 0 Å². The van der Waals surface area contributed by atoms with Crippen molar-refractivity contribution in [2.45, 2.75) is 46.6 Å². The van der Waals surface area contributed by atoms with Gasteiger partial charge in [-0.3, -0.25) is 0 Å². The second-order valence-electron chi connectivity index (χ2n) is 6.31. The predicted octanol–water partition coefficient (Wildman–Crippen LogP) is 3.15. The Balaban J connectivity index is 1.92. The Labute approximate surface area is 98.8 Å². The van der Waals surface area contributed by atoms with E-state index in [1.54, 1.807) is 0 Å². The van der Waals surface area contributed by atoms with Crippen molar-refractivity contribution < 1.29 is 0 Å². The van der Waals surface area contributed by atoms with Crippen molar-refractivity contribution in [3.05, 3.63) is 0 Å². The Kier molecular flexibility index (Phi) is 3.11. The monoisotopic (exact) mass is 227 g/mol. The molecule has 1 N–H and O–H groups in total. The van der Waals surface area contributed by atoms with Gasteiger partial charge in [0.25, 0.3) is 0 Å². The molecule has 2 unspecified atom stereocenters. The van der Waals surface area contributed by atoms with Gasteiger partial charge in [0.2, 0.25) is 0 Å². The lowest BCUT2D eigenvalue weighted by molar-refractivity contribution is 0.176. The number of hydrogen-bond acceptors (Lipinski definition) is 2. The van der Waals surface area contributed by atoms with E-state index in [2.05, 4.69) is 44.8 Å². The van der Waals surface area contributed by atoms with Crippen LogP contribution >= 0.6 is 11.8 Å². The van der Waals surface area contributed by atoms with E-state index in [1.165, 1.54) is 30.9 Å². The maximum absolute atomic E-state index is 3.61. The normalized spacial score (nSPS) is 38.6. The summed E-state index contributed by atoms with van der Waals surface area (Å²) in [6.07, 6.45) is 2.88. The first-order chi connectivity index (χ1) is 6.98. The largest absolute Gasteiger partial charge is 0.314 e. The first kappa shape index (κ1) is 11.8. The molecule has 1 spiro atoms. The Morgan fingerprint density at radius 1 is 1.40 bits per heavy atom. The fourth-order valence-electron chi connectivity index (χ4n) is 3.06. The molecule has 1 nitrogen and oxygen atoms in total. The quantitative estimate of drug-likeness (QED) is 0.795. The Morgan fingerprint density at radius 2 is 2.13 bits per heavy atom. The maximum Gasteiger partial charge on any atom is 0.00104 e. The molecule has 1 saturated carbocycles. The van der Waals surface area contributed by atoms with Crippen LogP contribution in [0.25, 0.3) is 0 Å². The van der Waals surface area contributed by atoms with Crippen LogP contribution in [0.2, 0.25) is 0 Å². The summed E-state index contributed by atoms with van der Waals surface area (Å²) >= 11 is 2.18. The second kappa shape index (κ2) is 3.96. The molecular formula is C13H25NS. The fraction of sp³-hybridized carbons (Fsp3) is 1.00. The van der Waals surface area contributed by atoms with E-state index in [4.69, 9.17) is 0 Å². The number of rotatable bonds is 3. The lowest BCUT2D eigenvalue weighted by atomic mass is 9.73. The van der Waals surface area contributed by atoms with Gasteiger partial charge in [-0.15, -0.1) is 0 Å². The summed E-state index contributed by atoms with van der Waals surface area (Å²) in [4.78, 5) is 0. The van der Waals surface area contributed by atoms with E-state index in [1.807, 2.05) is 0 Å². The molecule has 1 aliphatic carbocycles. The van der Waals surface area contributed by atoms with Crippen LogP contribution in [0.1, 0.15) is 40.5 Å². The first-order valence-electron chi connectivity index (χ1n) is 6.29. The van der Waals surface area contributed by atoms with Crippen LogP contribution in [0, 0.1) is 16.7 Å². The molecule has 2 fully saturated rings. The molecule has 2 atom stereocenters. The number of nitrogens with one attached hydrogen (secondary N) is 1. The zero-order valence-corrected chi connectivity index (χ0v) is 11.4. The highest BCUT2D eigenvalue weighted by molar-refractivity contribution is 7.99. The van der Waals surface area contributed by atoms with Crippen LogP contribution < -0.4 is 5.32 Å². The standard InChI is InChI=1S/C13H25NS/c1-10(2)14-8-11-7-13(11)9-15-6-5-12(13,3)4/h10-11,14H,5-9H2,1-4H3. The van der Waals surface area contributed by atoms with Crippen molar-refractivity contribution in [3.8, 4) is 0 Å². The highest BCUT2D eigenvalue weighted by atomic mass is 32.2. The van der Waals surface area contributed by atoms with Crippen molar-refractivity contribution in [2.75, 3.05) is 18.1 Å². The number of hydrogen-bond donors (Lipinski definition) is 1. The van der Waals surface area contributed by atoms with Crippen molar-refractivity contribution >= 4 is 11.8 Å². The van der Waals surface area contributed by atoms with Gasteiger partial charge >= 0.3 is 0 Å². The fourth-order valence-corrected chi connectivity index (χ4v) is 4.97. The van der Waals surface area contributed by atoms with E-state index in [9.17, 15) is 0 Å². The maximum atomic E-state index is 3.61. The molecule has 0 aromatic heterocycles. The van der Waals surface area contributed by atoms with Gasteiger partial charge in [0.15, 0.2) is 0 Å². The van der Waals surface area contributed by atoms with Gasteiger partial charge in [-0.05, 0) is 47.6 Å². The van der Waals surface area contributed by atoms with E-state index in [0.717, 1.165) is 5.92 Å². The zero-order chi connectivity index (χ0) is 11.1. The van der Waals surface area contributed by atoms with Gasteiger partial charge in [-0.25, -0.2) is 0 Å². The Morgan fingerprint density at radius 3 is 2.73 bits per heavy atom. The third-order valence-corrected chi connectivity index (χ3v) is 5.80. The smallest absolute Gasteiger partial charge is 0.00104 e. The minimum Gasteiger partial charge on any atom is -0.314 e. The SMILES string of the molecule is CC(C)NCC1CC12CSCCC2(C)C. The van der Waals surface area contributed by atoms with Crippen LogP contribution in [-0.2, 0) is 0 Å². The molecule has 0 amide bonds. The topological polar surface area (TPSA) is 12.0 Å². The van der Waals surface area contributed by atoms with Crippen molar-refractivity contribution in [1.82, 2.24) is 5.32 Å². The molecular weight excluding hydrogens is 202 g/mol. The molecule has 0 radical (unpaired) electrons. The summed E-state index contributed by atoms with van der Waals surface area (Å²) in [6, 6.07) is 0.641. The van der Waals surface area contributed by atoms with E-state index in [-0.39, 0.29) is 0 Å². The summed E-state index contributed by atoms with van der Waals surface area (Å²) in [6.45, 7) is 10.7. The molecule has 1 heterocycles. The average Bonchev–Trinajstić information content (AvgIpc) is 2.83. The molecule has 0 aromatic rings. The minimum absolute atomic E-state index is 0.585. The molecule has 0 bridgehead atoms. The van der Waals surface area contributed by atoms with Gasteiger partial charge in [0.05, 0.1) is 0 Å². The molecule has 2 rings (SSSR count). The van der Waals surface area contributed by atoms with Gasteiger partial charge in [-0.1, -0.05) is 27.7 Å². The highest BCUT2D eigenvalue weighted by Crippen LogP contribution is 2.67. The van der Waals surface area contributed by atoms with Crippen molar-refractivity contribution in [1.29, 1.82) is 0 Å². The zero-order valence-electron chi connectivity index (χ0n) is 10.6. The van der Waals surface area contributed by atoms with E-state index >= 15 is 0 Å². The van der Waals surface area contributed by atoms with Crippen LogP contribution in [0.4, 0.5) is 0 Å². The van der Waals surface area contributed by atoms with Crippen LogP contribution in [-0.4, -0.2) is 24.1 Å². The summed E-state index contributed by atoms with van der Waals surface area (Å²) in [5, 5.41) is 3.61. The van der Waals surface area contributed by atoms with Crippen LogP contribution in [0.15, 0.2) is 0 Å². The predicted molar refractivity (Wildman–Crippen MR) is 69.4 cm³/mol. The minimum atomic E-state index is 0.585. The van der Waals surface area contributed by atoms with Gasteiger partial charge in [0.1, 0.15) is 0 Å². The lowest BCUT2D eigenvalue weighted by Gasteiger charge is -2.40. The molecule has 88 valence electrons. The Hall–Kier alpha value is 0.310. The van der Waals surface area contributed by atoms with E-state index < -0.39 is 0 Å². The van der Waals surface area contributed by atoms with E-state index in [0.29, 0.717) is 16.9 Å². The molecule has 2 heteroatoms. The second-order valence-corrected chi connectivity index (χ2v) is 7.41. The lowest BCUT2D eigenvalue weighted by Crippen LogP contribution is -2.36. The summed E-state index contributed by atoms with van der Waals surface area (Å²) in [5.41, 5.74) is 1.26. The van der Waals surface area contributed by atoms with Crippen molar-refractivity contribution in [2.24, 2.45) is 16.7 Å². The highest BCUT2D eigenvalue weighted by Gasteiger charge is 2.62. The van der Waals surface area contributed by atoms with Gasteiger partial charge in [-0.2, -0.15) is 11.8 Å². The third kappa shape index (κ3) is 2.08. The molecule has 2 aliphatic rings. The van der Waals surface area contributed by atoms with Crippen molar-refractivity contribution in [3.63, 3.8) is 0 Å². The molecule has 0 aromatic carbocycles. The number of thioether (sulfide) groups is 1. The molecule has 15 heavy (non-hydrogen) atoms. The molecule has 1 saturated heterocycles. The first-order valence-corrected chi connectivity index (χ1v) is 7.44. The Bertz CT molecular complexity index is 237. The summed E-state index contributed by atoms with van der Waals surface area (Å²) in [5.74, 6) is 3.73. The summed E-state index contributed by atoms with van der Waals surface area (Å²) in [7, 11) is 0. The van der Waals surface area contributed by atoms with Crippen LogP contribution in [0.5, 0.6) is 0 Å². The molecule has 1 aliphatic heterocycles. The van der Waals surface area contributed by atoms with Gasteiger partial charge in [0, 0.05) is 6.04 Å². The average molecular weight is 227 g/mol. The third-order valence-electron chi connectivity index (χ3n) is 4.58. The summed E-state index contributed by atoms with van der Waals surface area (Å²) < 4.78 is 0.